The number of aromatic nitrogens is 3. The maximum absolute atomic E-state index is 11.7. The van der Waals surface area contributed by atoms with Gasteiger partial charge in [-0.2, -0.15) is 0 Å². The van der Waals surface area contributed by atoms with Crippen LogP contribution in [0.25, 0.3) is 0 Å². The number of hydrogen-bond donors (Lipinski definition) is 0. The van der Waals surface area contributed by atoms with Gasteiger partial charge in [0.1, 0.15) is 11.6 Å². The van der Waals surface area contributed by atoms with Gasteiger partial charge in [-0.1, -0.05) is 20.8 Å². The molecule has 3 rings (SSSR count). The van der Waals surface area contributed by atoms with E-state index >= 15 is 0 Å². The SMILES string of the molecule is CC(C)(C)[C@H]1CCN(c2nnc(CS(C)(=O)=O)n2CC2CC2)C1. The predicted octanol–water partition coefficient (Wildman–Crippen LogP) is 2.11. The Kier molecular flexibility index (Phi) is 4.19. The Morgan fingerprint density at radius 1 is 1.17 bits per heavy atom. The molecule has 1 atom stereocenters. The van der Waals surface area contributed by atoms with Crippen LogP contribution in [0.1, 0.15) is 45.9 Å². The molecule has 130 valence electrons. The third kappa shape index (κ3) is 4.05. The lowest BCUT2D eigenvalue weighted by Crippen LogP contribution is -2.28. The first-order chi connectivity index (χ1) is 10.6. The van der Waals surface area contributed by atoms with Gasteiger partial charge in [-0.15, -0.1) is 10.2 Å². The summed E-state index contributed by atoms with van der Waals surface area (Å²) in [6.45, 7) is 9.65. The van der Waals surface area contributed by atoms with E-state index < -0.39 is 9.84 Å². The summed E-state index contributed by atoms with van der Waals surface area (Å²) in [7, 11) is -3.10. The van der Waals surface area contributed by atoms with Crippen LogP contribution in [0.5, 0.6) is 0 Å². The quantitative estimate of drug-likeness (QED) is 0.821. The van der Waals surface area contributed by atoms with Crippen LogP contribution in [0.15, 0.2) is 0 Å². The summed E-state index contributed by atoms with van der Waals surface area (Å²) in [6.07, 6.45) is 4.86. The predicted molar refractivity (Wildman–Crippen MR) is 91.1 cm³/mol. The lowest BCUT2D eigenvalue weighted by atomic mass is 9.80. The van der Waals surface area contributed by atoms with Crippen LogP contribution in [-0.4, -0.2) is 42.5 Å². The van der Waals surface area contributed by atoms with Gasteiger partial charge in [-0.25, -0.2) is 8.42 Å². The number of nitrogens with zero attached hydrogens (tertiary/aromatic N) is 4. The zero-order chi connectivity index (χ0) is 16.8. The fraction of sp³-hybridized carbons (Fsp3) is 0.875. The second-order valence-corrected chi connectivity index (χ2v) is 10.5. The Hall–Kier alpha value is -1.11. The van der Waals surface area contributed by atoms with E-state index in [4.69, 9.17) is 0 Å². The molecule has 6 nitrogen and oxygen atoms in total. The zero-order valence-corrected chi connectivity index (χ0v) is 15.4. The molecule has 0 unspecified atom stereocenters. The minimum atomic E-state index is -3.10. The van der Waals surface area contributed by atoms with Crippen molar-refractivity contribution in [2.75, 3.05) is 24.2 Å². The molecule has 0 spiro atoms. The summed E-state index contributed by atoms with van der Waals surface area (Å²) in [5, 5.41) is 8.56. The zero-order valence-electron chi connectivity index (χ0n) is 14.6. The van der Waals surface area contributed by atoms with Crippen molar-refractivity contribution in [3.8, 4) is 0 Å². The molecule has 0 aromatic carbocycles. The first-order valence-corrected chi connectivity index (χ1v) is 10.5. The van der Waals surface area contributed by atoms with Gasteiger partial charge in [-0.3, -0.25) is 4.57 Å². The highest BCUT2D eigenvalue weighted by atomic mass is 32.2. The Labute approximate surface area is 139 Å². The molecule has 2 aliphatic rings. The minimum Gasteiger partial charge on any atom is -0.341 e. The molecule has 0 bridgehead atoms. The van der Waals surface area contributed by atoms with Crippen molar-refractivity contribution in [2.45, 2.75) is 52.3 Å². The number of hydrogen-bond acceptors (Lipinski definition) is 5. The van der Waals surface area contributed by atoms with E-state index in [9.17, 15) is 8.42 Å². The molecule has 7 heteroatoms. The molecule has 1 aromatic heterocycles. The van der Waals surface area contributed by atoms with Crippen LogP contribution in [-0.2, 0) is 22.1 Å². The van der Waals surface area contributed by atoms with Crippen molar-refractivity contribution in [3.63, 3.8) is 0 Å². The summed E-state index contributed by atoms with van der Waals surface area (Å²) in [5.41, 5.74) is 0.283. The number of sulfone groups is 1. The van der Waals surface area contributed by atoms with Crippen LogP contribution in [0.3, 0.4) is 0 Å². The molecule has 1 aliphatic heterocycles. The van der Waals surface area contributed by atoms with E-state index in [1.807, 2.05) is 0 Å². The standard InChI is InChI=1S/C16H28N4O2S/c1-16(2,3)13-7-8-19(10-13)15-18-17-14(11-23(4,21)22)20(15)9-12-5-6-12/h12-13H,5-11H2,1-4H3/t13-/m0/s1. The lowest BCUT2D eigenvalue weighted by molar-refractivity contribution is 0.263. The van der Waals surface area contributed by atoms with Crippen molar-refractivity contribution in [1.29, 1.82) is 0 Å². The Morgan fingerprint density at radius 3 is 2.39 bits per heavy atom. The highest BCUT2D eigenvalue weighted by molar-refractivity contribution is 7.89. The third-order valence-corrected chi connectivity index (χ3v) is 5.82. The molecule has 23 heavy (non-hydrogen) atoms. The summed E-state index contributed by atoms with van der Waals surface area (Å²) in [4.78, 5) is 2.29. The van der Waals surface area contributed by atoms with Crippen LogP contribution in [0.4, 0.5) is 5.95 Å². The van der Waals surface area contributed by atoms with E-state index in [1.54, 1.807) is 0 Å². The van der Waals surface area contributed by atoms with Gasteiger partial charge in [-0.05, 0) is 36.5 Å². The second kappa shape index (κ2) is 5.76. The molecule has 0 amide bonds. The normalized spacial score (nSPS) is 22.8. The van der Waals surface area contributed by atoms with Gasteiger partial charge in [0, 0.05) is 25.9 Å². The van der Waals surface area contributed by atoms with Crippen molar-refractivity contribution in [1.82, 2.24) is 14.8 Å². The van der Waals surface area contributed by atoms with E-state index in [-0.39, 0.29) is 11.2 Å². The molecule has 1 saturated heterocycles. The number of anilines is 1. The topological polar surface area (TPSA) is 68.1 Å². The second-order valence-electron chi connectivity index (χ2n) is 8.34. The van der Waals surface area contributed by atoms with E-state index in [2.05, 4.69) is 40.4 Å². The largest absolute Gasteiger partial charge is 0.341 e. The summed E-state index contributed by atoms with van der Waals surface area (Å²) in [6, 6.07) is 0. The van der Waals surface area contributed by atoms with Crippen molar-refractivity contribution >= 4 is 15.8 Å². The third-order valence-electron chi connectivity index (χ3n) is 5.03. The lowest BCUT2D eigenvalue weighted by Gasteiger charge is -2.27. The van der Waals surface area contributed by atoms with Crippen molar-refractivity contribution in [2.24, 2.45) is 17.3 Å². The smallest absolute Gasteiger partial charge is 0.227 e. The summed E-state index contributed by atoms with van der Waals surface area (Å²) < 4.78 is 25.4. The summed E-state index contributed by atoms with van der Waals surface area (Å²) in [5.74, 6) is 2.72. The number of rotatable bonds is 5. The fourth-order valence-corrected chi connectivity index (χ4v) is 3.98. The molecule has 1 saturated carbocycles. The maximum Gasteiger partial charge on any atom is 0.227 e. The van der Waals surface area contributed by atoms with Gasteiger partial charge in [0.2, 0.25) is 5.95 Å². The van der Waals surface area contributed by atoms with E-state index in [1.165, 1.54) is 19.1 Å². The van der Waals surface area contributed by atoms with Gasteiger partial charge in [0.25, 0.3) is 0 Å². The minimum absolute atomic E-state index is 0.0245. The summed E-state index contributed by atoms with van der Waals surface area (Å²) >= 11 is 0. The Morgan fingerprint density at radius 2 is 1.87 bits per heavy atom. The average molecular weight is 340 g/mol. The van der Waals surface area contributed by atoms with Crippen LogP contribution in [0.2, 0.25) is 0 Å². The monoisotopic (exact) mass is 340 g/mol. The van der Waals surface area contributed by atoms with Gasteiger partial charge in [0.05, 0.1) is 0 Å². The van der Waals surface area contributed by atoms with E-state index in [0.29, 0.717) is 17.7 Å². The Balaban J connectivity index is 1.84. The van der Waals surface area contributed by atoms with Crippen molar-refractivity contribution < 1.29 is 8.42 Å². The maximum atomic E-state index is 11.7. The van der Waals surface area contributed by atoms with Crippen LogP contribution >= 0.6 is 0 Å². The first kappa shape index (κ1) is 16.7. The molecule has 2 heterocycles. The molecular formula is C16H28N4O2S. The average Bonchev–Trinajstić information content (AvgIpc) is 2.92. The molecule has 1 aromatic rings. The molecule has 2 fully saturated rings. The molecule has 1 aliphatic carbocycles. The highest BCUT2D eigenvalue weighted by Gasteiger charge is 2.35. The van der Waals surface area contributed by atoms with Gasteiger partial charge >= 0.3 is 0 Å². The first-order valence-electron chi connectivity index (χ1n) is 8.48. The molecule has 0 radical (unpaired) electrons. The van der Waals surface area contributed by atoms with E-state index in [0.717, 1.165) is 32.0 Å². The van der Waals surface area contributed by atoms with Gasteiger partial charge in [0.15, 0.2) is 9.84 Å². The van der Waals surface area contributed by atoms with Crippen molar-refractivity contribution in [3.05, 3.63) is 5.82 Å². The highest BCUT2D eigenvalue weighted by Crippen LogP contribution is 2.37. The van der Waals surface area contributed by atoms with Crippen LogP contribution < -0.4 is 4.90 Å². The van der Waals surface area contributed by atoms with Crippen LogP contribution in [0, 0.1) is 17.3 Å². The van der Waals surface area contributed by atoms with Gasteiger partial charge < -0.3 is 4.90 Å². The molecule has 0 N–H and O–H groups in total. The molecular weight excluding hydrogens is 312 g/mol. The Bertz CT molecular complexity index is 671. The fourth-order valence-electron chi connectivity index (χ4n) is 3.30.